The number of benzene rings is 2. The molecule has 0 bridgehead atoms. The second kappa shape index (κ2) is 9.01. The van der Waals surface area contributed by atoms with Crippen LogP contribution in [0.1, 0.15) is 30.5 Å². The van der Waals surface area contributed by atoms with E-state index in [0.29, 0.717) is 40.9 Å². The van der Waals surface area contributed by atoms with Gasteiger partial charge in [-0.1, -0.05) is 44.8 Å². The van der Waals surface area contributed by atoms with Gasteiger partial charge in [0.25, 0.3) is 5.89 Å². The molecule has 6 nitrogen and oxygen atoms in total. The number of alkyl halides is 1. The Hall–Kier alpha value is -2.38. The standard InChI is InChI=1S/C23H23BrClN3O3/c1-13(2)30-20-7-5-15(10-19(20)25)23-26-22(27-31-23)18-6-4-16-12-28(21(29)11-24)9-8-17(16)14(18)3/h4-7,10,13H,8-9,11-12H2,1-3H3. The molecule has 1 aliphatic rings. The molecule has 162 valence electrons. The van der Waals surface area contributed by atoms with Crippen molar-refractivity contribution in [2.45, 2.75) is 39.8 Å². The number of ether oxygens (including phenoxy) is 1. The van der Waals surface area contributed by atoms with Crippen LogP contribution >= 0.6 is 27.5 Å². The van der Waals surface area contributed by atoms with Crippen molar-refractivity contribution in [3.63, 3.8) is 0 Å². The fourth-order valence-electron chi connectivity index (χ4n) is 3.81. The quantitative estimate of drug-likeness (QED) is 0.433. The smallest absolute Gasteiger partial charge is 0.258 e. The van der Waals surface area contributed by atoms with Crippen LogP contribution in [0.4, 0.5) is 0 Å². The lowest BCUT2D eigenvalue weighted by Gasteiger charge is -2.30. The predicted octanol–water partition coefficient (Wildman–Crippen LogP) is 5.43. The van der Waals surface area contributed by atoms with Crippen LogP contribution in [-0.4, -0.2) is 38.9 Å². The molecule has 0 N–H and O–H groups in total. The van der Waals surface area contributed by atoms with Crippen LogP contribution in [0.3, 0.4) is 0 Å². The molecule has 1 amide bonds. The molecule has 0 unspecified atom stereocenters. The Balaban J connectivity index is 1.60. The molecule has 1 aliphatic heterocycles. The fourth-order valence-corrected chi connectivity index (χ4v) is 4.39. The monoisotopic (exact) mass is 503 g/mol. The molecule has 0 saturated carbocycles. The summed E-state index contributed by atoms with van der Waals surface area (Å²) in [4.78, 5) is 18.5. The third-order valence-electron chi connectivity index (χ3n) is 5.36. The van der Waals surface area contributed by atoms with Crippen LogP contribution in [0.5, 0.6) is 5.75 Å². The van der Waals surface area contributed by atoms with E-state index in [0.717, 1.165) is 28.7 Å². The zero-order chi connectivity index (χ0) is 22.1. The second-order valence-corrected chi connectivity index (χ2v) is 8.78. The first-order valence-electron chi connectivity index (χ1n) is 10.1. The van der Waals surface area contributed by atoms with Crippen molar-refractivity contribution in [1.82, 2.24) is 15.0 Å². The minimum atomic E-state index is 0.0370. The first kappa shape index (κ1) is 21.8. The summed E-state index contributed by atoms with van der Waals surface area (Å²) in [6.45, 7) is 7.31. The molecule has 2 heterocycles. The van der Waals surface area contributed by atoms with E-state index in [2.05, 4.69) is 39.1 Å². The van der Waals surface area contributed by atoms with Gasteiger partial charge in [-0.25, -0.2) is 0 Å². The minimum Gasteiger partial charge on any atom is -0.489 e. The number of carbonyl (C=O) groups excluding carboxylic acids is 1. The van der Waals surface area contributed by atoms with Gasteiger partial charge in [-0.2, -0.15) is 4.98 Å². The third kappa shape index (κ3) is 4.48. The Bertz CT molecular complexity index is 1130. The van der Waals surface area contributed by atoms with Gasteiger partial charge in [0, 0.05) is 24.2 Å². The van der Waals surface area contributed by atoms with Gasteiger partial charge in [0.2, 0.25) is 11.7 Å². The van der Waals surface area contributed by atoms with E-state index in [9.17, 15) is 4.79 Å². The molecule has 0 aliphatic carbocycles. The van der Waals surface area contributed by atoms with E-state index >= 15 is 0 Å². The van der Waals surface area contributed by atoms with Crippen molar-refractivity contribution in [1.29, 1.82) is 0 Å². The fraction of sp³-hybridized carbons (Fsp3) is 0.348. The van der Waals surface area contributed by atoms with Gasteiger partial charge in [0.05, 0.1) is 16.5 Å². The zero-order valence-electron chi connectivity index (χ0n) is 17.6. The van der Waals surface area contributed by atoms with Crippen molar-refractivity contribution < 1.29 is 14.1 Å². The highest BCUT2D eigenvalue weighted by Crippen LogP contribution is 2.33. The molecule has 2 aromatic carbocycles. The Kier molecular flexibility index (Phi) is 6.34. The summed E-state index contributed by atoms with van der Waals surface area (Å²) < 4.78 is 11.2. The molecule has 31 heavy (non-hydrogen) atoms. The number of nitrogens with zero attached hydrogens (tertiary/aromatic N) is 3. The largest absolute Gasteiger partial charge is 0.489 e. The van der Waals surface area contributed by atoms with Crippen LogP contribution in [-0.2, 0) is 17.8 Å². The highest BCUT2D eigenvalue weighted by atomic mass is 79.9. The first-order valence-corrected chi connectivity index (χ1v) is 11.6. The van der Waals surface area contributed by atoms with E-state index < -0.39 is 0 Å². The van der Waals surface area contributed by atoms with Crippen molar-refractivity contribution >= 4 is 33.4 Å². The average Bonchev–Trinajstić information content (AvgIpc) is 3.24. The molecule has 0 saturated heterocycles. The van der Waals surface area contributed by atoms with Gasteiger partial charge in [0.15, 0.2) is 0 Å². The second-order valence-electron chi connectivity index (χ2n) is 7.81. The summed E-state index contributed by atoms with van der Waals surface area (Å²) in [5.41, 5.74) is 5.20. The number of carbonyl (C=O) groups is 1. The number of amides is 1. The lowest BCUT2D eigenvalue weighted by molar-refractivity contribution is -0.129. The minimum absolute atomic E-state index is 0.0370. The first-order chi connectivity index (χ1) is 14.9. The van der Waals surface area contributed by atoms with Gasteiger partial charge in [0.1, 0.15) is 5.75 Å². The van der Waals surface area contributed by atoms with E-state index in [1.165, 1.54) is 5.56 Å². The lowest BCUT2D eigenvalue weighted by Crippen LogP contribution is -2.36. The molecule has 3 aromatic rings. The van der Waals surface area contributed by atoms with Gasteiger partial charge in [-0.05, 0) is 62.1 Å². The summed E-state index contributed by atoms with van der Waals surface area (Å²) in [5.74, 6) is 1.67. The van der Waals surface area contributed by atoms with Crippen LogP contribution < -0.4 is 4.74 Å². The number of halogens is 2. The SMILES string of the molecule is Cc1c(-c2noc(-c3ccc(OC(C)C)c(Cl)c3)n2)ccc2c1CCN(C(=O)CBr)C2. The zero-order valence-corrected chi connectivity index (χ0v) is 20.0. The molecule has 1 aromatic heterocycles. The van der Waals surface area contributed by atoms with E-state index in [1.54, 1.807) is 6.07 Å². The lowest BCUT2D eigenvalue weighted by atomic mass is 9.91. The number of hydrogen-bond donors (Lipinski definition) is 0. The maximum Gasteiger partial charge on any atom is 0.258 e. The number of rotatable bonds is 5. The van der Waals surface area contributed by atoms with Crippen LogP contribution in [0.25, 0.3) is 22.8 Å². The van der Waals surface area contributed by atoms with Gasteiger partial charge >= 0.3 is 0 Å². The molecule has 0 spiro atoms. The highest BCUT2D eigenvalue weighted by Gasteiger charge is 2.23. The molecular formula is C23H23BrClN3O3. The summed E-state index contributed by atoms with van der Waals surface area (Å²) >= 11 is 9.60. The number of aromatic nitrogens is 2. The van der Waals surface area contributed by atoms with Gasteiger partial charge in [-0.15, -0.1) is 0 Å². The summed E-state index contributed by atoms with van der Waals surface area (Å²) in [7, 11) is 0. The molecular weight excluding hydrogens is 482 g/mol. The summed E-state index contributed by atoms with van der Waals surface area (Å²) in [5, 5.41) is 5.04. The average molecular weight is 505 g/mol. The Morgan fingerprint density at radius 3 is 2.84 bits per heavy atom. The maximum atomic E-state index is 12.0. The van der Waals surface area contributed by atoms with Crippen molar-refractivity contribution in [3.8, 4) is 28.6 Å². The van der Waals surface area contributed by atoms with Crippen molar-refractivity contribution in [2.75, 3.05) is 11.9 Å². The molecule has 0 radical (unpaired) electrons. The van der Waals surface area contributed by atoms with Gasteiger partial charge < -0.3 is 14.2 Å². The van der Waals surface area contributed by atoms with E-state index in [4.69, 9.17) is 20.9 Å². The van der Waals surface area contributed by atoms with Crippen molar-refractivity contribution in [2.24, 2.45) is 0 Å². The number of fused-ring (bicyclic) bond motifs is 1. The van der Waals surface area contributed by atoms with E-state index in [-0.39, 0.29) is 12.0 Å². The molecule has 4 rings (SSSR count). The molecule has 0 atom stereocenters. The maximum absolute atomic E-state index is 12.0. The predicted molar refractivity (Wildman–Crippen MR) is 124 cm³/mol. The topological polar surface area (TPSA) is 68.5 Å². The van der Waals surface area contributed by atoms with Crippen LogP contribution in [0.15, 0.2) is 34.9 Å². The Morgan fingerprint density at radius 1 is 1.32 bits per heavy atom. The highest BCUT2D eigenvalue weighted by molar-refractivity contribution is 9.09. The third-order valence-corrected chi connectivity index (χ3v) is 6.14. The van der Waals surface area contributed by atoms with Crippen LogP contribution in [0, 0.1) is 6.92 Å². The molecule has 8 heteroatoms. The number of hydrogen-bond acceptors (Lipinski definition) is 5. The summed E-state index contributed by atoms with van der Waals surface area (Å²) in [6.07, 6.45) is 0.848. The molecule has 0 fully saturated rings. The van der Waals surface area contributed by atoms with Crippen LogP contribution in [0.2, 0.25) is 5.02 Å². The normalized spacial score (nSPS) is 13.4. The Labute approximate surface area is 194 Å². The van der Waals surface area contributed by atoms with Gasteiger partial charge in [-0.3, -0.25) is 4.79 Å². The van der Waals surface area contributed by atoms with E-state index in [1.807, 2.05) is 36.9 Å². The Morgan fingerprint density at radius 2 is 2.13 bits per heavy atom. The summed E-state index contributed by atoms with van der Waals surface area (Å²) in [6, 6.07) is 9.49. The van der Waals surface area contributed by atoms with Crippen molar-refractivity contribution in [3.05, 3.63) is 52.0 Å².